The highest BCUT2D eigenvalue weighted by Gasteiger charge is 2.21. The lowest BCUT2D eigenvalue weighted by Crippen LogP contribution is -2.34. The Labute approximate surface area is 113 Å². The van der Waals surface area contributed by atoms with Crippen molar-refractivity contribution in [1.29, 1.82) is 0 Å². The maximum Gasteiger partial charge on any atom is 0.227 e. The largest absolute Gasteiger partial charge is 0.325 e. The number of benzene rings is 2. The average Bonchev–Trinajstić information content (AvgIpc) is 2.48. The summed E-state index contributed by atoms with van der Waals surface area (Å²) in [6.07, 6.45) is 1.85. The highest BCUT2D eigenvalue weighted by Crippen LogP contribution is 2.24. The lowest BCUT2D eigenvalue weighted by atomic mass is 9.97. The van der Waals surface area contributed by atoms with Gasteiger partial charge in [-0.05, 0) is 37.4 Å². The number of amides is 1. The van der Waals surface area contributed by atoms with Crippen molar-refractivity contribution < 1.29 is 4.79 Å². The summed E-state index contributed by atoms with van der Waals surface area (Å²) in [7, 11) is 0. The van der Waals surface area contributed by atoms with Gasteiger partial charge in [0.2, 0.25) is 5.91 Å². The first-order valence-electron chi connectivity index (χ1n) is 6.84. The van der Waals surface area contributed by atoms with Crippen LogP contribution < -0.4 is 10.6 Å². The van der Waals surface area contributed by atoms with Gasteiger partial charge >= 0.3 is 0 Å². The fraction of sp³-hybridized carbons (Fsp3) is 0.312. The van der Waals surface area contributed by atoms with Crippen LogP contribution in [0.15, 0.2) is 42.5 Å². The molecule has 0 atom stereocenters. The van der Waals surface area contributed by atoms with Crippen LogP contribution in [-0.2, 0) is 4.79 Å². The van der Waals surface area contributed by atoms with Crippen molar-refractivity contribution in [2.24, 2.45) is 5.92 Å². The molecule has 3 nitrogen and oxygen atoms in total. The fourth-order valence-electron chi connectivity index (χ4n) is 2.65. The summed E-state index contributed by atoms with van der Waals surface area (Å²) in [4.78, 5) is 12.3. The number of anilines is 1. The highest BCUT2D eigenvalue weighted by atomic mass is 16.1. The Bertz CT molecular complexity index is 583. The van der Waals surface area contributed by atoms with Crippen molar-refractivity contribution in [2.75, 3.05) is 18.4 Å². The van der Waals surface area contributed by atoms with Crippen LogP contribution >= 0.6 is 0 Å². The molecular formula is C16H18N2O. The Morgan fingerprint density at radius 2 is 1.79 bits per heavy atom. The third-order valence-electron chi connectivity index (χ3n) is 3.76. The van der Waals surface area contributed by atoms with Gasteiger partial charge in [-0.15, -0.1) is 0 Å². The Kier molecular flexibility index (Phi) is 3.47. The van der Waals surface area contributed by atoms with Crippen LogP contribution in [-0.4, -0.2) is 19.0 Å². The molecule has 98 valence electrons. The molecule has 0 aliphatic carbocycles. The van der Waals surface area contributed by atoms with Crippen molar-refractivity contribution in [3.05, 3.63) is 42.5 Å². The minimum Gasteiger partial charge on any atom is -0.325 e. The van der Waals surface area contributed by atoms with Gasteiger partial charge in [-0.3, -0.25) is 4.79 Å². The van der Waals surface area contributed by atoms with Gasteiger partial charge < -0.3 is 10.6 Å². The summed E-state index contributed by atoms with van der Waals surface area (Å²) < 4.78 is 0. The predicted octanol–water partition coefficient (Wildman–Crippen LogP) is 2.78. The summed E-state index contributed by atoms with van der Waals surface area (Å²) in [6, 6.07) is 14.2. The van der Waals surface area contributed by atoms with Crippen molar-refractivity contribution >= 4 is 22.4 Å². The van der Waals surface area contributed by atoms with Gasteiger partial charge in [-0.25, -0.2) is 0 Å². The summed E-state index contributed by atoms with van der Waals surface area (Å²) in [5.41, 5.74) is 0.918. The van der Waals surface area contributed by atoms with Crippen LogP contribution in [0.2, 0.25) is 0 Å². The number of carbonyl (C=O) groups is 1. The molecule has 2 aromatic rings. The van der Waals surface area contributed by atoms with Crippen LogP contribution in [0.4, 0.5) is 5.69 Å². The van der Waals surface area contributed by atoms with E-state index in [1.165, 1.54) is 0 Å². The number of piperidine rings is 1. The molecule has 2 N–H and O–H groups in total. The second kappa shape index (κ2) is 5.41. The lowest BCUT2D eigenvalue weighted by molar-refractivity contribution is -0.120. The first kappa shape index (κ1) is 12.2. The second-order valence-corrected chi connectivity index (χ2v) is 5.04. The zero-order chi connectivity index (χ0) is 13.1. The highest BCUT2D eigenvalue weighted by molar-refractivity contribution is 6.02. The summed E-state index contributed by atoms with van der Waals surface area (Å²) >= 11 is 0. The smallest absolute Gasteiger partial charge is 0.227 e. The Balaban J connectivity index is 1.82. The van der Waals surface area contributed by atoms with E-state index in [0.717, 1.165) is 42.4 Å². The molecule has 1 amide bonds. The predicted molar refractivity (Wildman–Crippen MR) is 78.2 cm³/mol. The SMILES string of the molecule is O=C(Nc1cccc2ccccc12)C1CCNCC1. The van der Waals surface area contributed by atoms with E-state index in [4.69, 9.17) is 0 Å². The van der Waals surface area contributed by atoms with Crippen LogP contribution in [0.3, 0.4) is 0 Å². The number of rotatable bonds is 2. The summed E-state index contributed by atoms with van der Waals surface area (Å²) in [6.45, 7) is 1.88. The molecule has 0 bridgehead atoms. The first-order chi connectivity index (χ1) is 9.34. The molecule has 3 heteroatoms. The maximum absolute atomic E-state index is 12.3. The molecule has 1 aliphatic heterocycles. The van der Waals surface area contributed by atoms with Gasteiger partial charge in [0.1, 0.15) is 0 Å². The molecule has 0 radical (unpaired) electrons. The lowest BCUT2D eigenvalue weighted by Gasteiger charge is -2.22. The standard InChI is InChI=1S/C16H18N2O/c19-16(13-8-10-17-11-9-13)18-15-7-3-5-12-4-1-2-6-14(12)15/h1-7,13,17H,8-11H2,(H,18,19). The quantitative estimate of drug-likeness (QED) is 0.865. The molecule has 1 saturated heterocycles. The molecule has 0 aromatic heterocycles. The Morgan fingerprint density at radius 1 is 1.05 bits per heavy atom. The monoisotopic (exact) mass is 254 g/mol. The summed E-state index contributed by atoms with van der Waals surface area (Å²) in [5.74, 6) is 0.290. The molecule has 3 rings (SSSR count). The van der Waals surface area contributed by atoms with E-state index in [1.807, 2.05) is 30.3 Å². The number of fused-ring (bicyclic) bond motifs is 1. The van der Waals surface area contributed by atoms with E-state index >= 15 is 0 Å². The third-order valence-corrected chi connectivity index (χ3v) is 3.76. The van der Waals surface area contributed by atoms with Crippen molar-refractivity contribution in [3.63, 3.8) is 0 Å². The van der Waals surface area contributed by atoms with E-state index in [0.29, 0.717) is 0 Å². The first-order valence-corrected chi connectivity index (χ1v) is 6.84. The van der Waals surface area contributed by atoms with E-state index < -0.39 is 0 Å². The molecule has 1 aliphatic rings. The van der Waals surface area contributed by atoms with Gasteiger partial charge in [0, 0.05) is 17.0 Å². The van der Waals surface area contributed by atoms with Crippen molar-refractivity contribution in [2.45, 2.75) is 12.8 Å². The van der Waals surface area contributed by atoms with Crippen molar-refractivity contribution in [1.82, 2.24) is 5.32 Å². The minimum atomic E-state index is 0.139. The van der Waals surface area contributed by atoms with Gasteiger partial charge in [-0.2, -0.15) is 0 Å². The number of hydrogen-bond donors (Lipinski definition) is 2. The Hall–Kier alpha value is -1.87. The number of nitrogens with one attached hydrogen (secondary N) is 2. The van der Waals surface area contributed by atoms with Gasteiger partial charge in [0.15, 0.2) is 0 Å². The van der Waals surface area contributed by atoms with Crippen LogP contribution in [0.25, 0.3) is 10.8 Å². The molecule has 19 heavy (non-hydrogen) atoms. The van der Waals surface area contributed by atoms with E-state index in [9.17, 15) is 4.79 Å². The molecule has 1 fully saturated rings. The van der Waals surface area contributed by atoms with E-state index in [1.54, 1.807) is 0 Å². The Morgan fingerprint density at radius 3 is 2.63 bits per heavy atom. The number of carbonyl (C=O) groups excluding carboxylic acids is 1. The molecule has 0 spiro atoms. The average molecular weight is 254 g/mol. The molecule has 0 saturated carbocycles. The van der Waals surface area contributed by atoms with E-state index in [2.05, 4.69) is 22.8 Å². The molecule has 1 heterocycles. The minimum absolute atomic E-state index is 0.139. The van der Waals surface area contributed by atoms with Crippen LogP contribution in [0, 0.1) is 5.92 Å². The summed E-state index contributed by atoms with van der Waals surface area (Å²) in [5, 5.41) is 8.63. The second-order valence-electron chi connectivity index (χ2n) is 5.04. The molecular weight excluding hydrogens is 236 g/mol. The van der Waals surface area contributed by atoms with Crippen LogP contribution in [0.5, 0.6) is 0 Å². The fourth-order valence-corrected chi connectivity index (χ4v) is 2.65. The third kappa shape index (κ3) is 2.61. The maximum atomic E-state index is 12.3. The van der Waals surface area contributed by atoms with Gasteiger partial charge in [-0.1, -0.05) is 36.4 Å². The zero-order valence-corrected chi connectivity index (χ0v) is 10.9. The zero-order valence-electron chi connectivity index (χ0n) is 10.9. The molecule has 2 aromatic carbocycles. The van der Waals surface area contributed by atoms with Gasteiger partial charge in [0.05, 0.1) is 0 Å². The van der Waals surface area contributed by atoms with Crippen LogP contribution in [0.1, 0.15) is 12.8 Å². The van der Waals surface area contributed by atoms with Gasteiger partial charge in [0.25, 0.3) is 0 Å². The normalized spacial score (nSPS) is 16.4. The number of hydrogen-bond acceptors (Lipinski definition) is 2. The molecule has 0 unspecified atom stereocenters. The van der Waals surface area contributed by atoms with E-state index in [-0.39, 0.29) is 11.8 Å². The topological polar surface area (TPSA) is 41.1 Å². The van der Waals surface area contributed by atoms with Crippen molar-refractivity contribution in [3.8, 4) is 0 Å².